The minimum atomic E-state index is 0.455. The molecular formula is C20H25N3O. The molecule has 1 aliphatic heterocycles. The molecule has 24 heavy (non-hydrogen) atoms. The zero-order chi connectivity index (χ0) is 16.8. The van der Waals surface area contributed by atoms with E-state index in [9.17, 15) is 0 Å². The topological polar surface area (TPSA) is 36.9 Å². The Morgan fingerprint density at radius 2 is 1.92 bits per heavy atom. The lowest BCUT2D eigenvalue weighted by Crippen LogP contribution is -2.40. The molecule has 0 saturated heterocycles. The first kappa shape index (κ1) is 16.4. The number of fused-ring (bicyclic) bond motifs is 1. The van der Waals surface area contributed by atoms with E-state index in [4.69, 9.17) is 4.74 Å². The summed E-state index contributed by atoms with van der Waals surface area (Å²) in [7, 11) is 3.90. The fraction of sp³-hybridized carbons (Fsp3) is 0.350. The van der Waals surface area contributed by atoms with Gasteiger partial charge in [0, 0.05) is 33.1 Å². The second kappa shape index (κ2) is 7.86. The number of nitrogens with one attached hydrogen (secondary N) is 1. The smallest absolute Gasteiger partial charge is 0.193 e. The van der Waals surface area contributed by atoms with Crippen LogP contribution < -0.4 is 10.1 Å². The summed E-state index contributed by atoms with van der Waals surface area (Å²) in [5, 5.41) is 3.52. The maximum atomic E-state index is 5.74. The molecule has 0 aromatic heterocycles. The van der Waals surface area contributed by atoms with Gasteiger partial charge in [0.2, 0.25) is 0 Å². The number of hydrogen-bond acceptors (Lipinski definition) is 2. The lowest BCUT2D eigenvalue weighted by atomic mass is 9.93. The van der Waals surface area contributed by atoms with E-state index in [1.165, 1.54) is 11.1 Å². The third-order valence-corrected chi connectivity index (χ3v) is 4.43. The van der Waals surface area contributed by atoms with Gasteiger partial charge < -0.3 is 15.0 Å². The van der Waals surface area contributed by atoms with Crippen LogP contribution in [0, 0.1) is 0 Å². The minimum absolute atomic E-state index is 0.455. The maximum Gasteiger partial charge on any atom is 0.193 e. The van der Waals surface area contributed by atoms with Gasteiger partial charge in [0.05, 0.1) is 6.61 Å². The lowest BCUT2D eigenvalue weighted by molar-refractivity contribution is 0.266. The quantitative estimate of drug-likeness (QED) is 0.693. The van der Waals surface area contributed by atoms with Gasteiger partial charge in [-0.3, -0.25) is 4.99 Å². The Morgan fingerprint density at radius 1 is 1.17 bits per heavy atom. The van der Waals surface area contributed by atoms with Crippen LogP contribution in [0.5, 0.6) is 5.75 Å². The monoisotopic (exact) mass is 323 g/mol. The molecule has 1 N–H and O–H groups in total. The first-order chi connectivity index (χ1) is 11.8. The largest absolute Gasteiger partial charge is 0.493 e. The molecule has 0 spiro atoms. The predicted octanol–water partition coefficient (Wildman–Crippen LogP) is 3.26. The van der Waals surface area contributed by atoms with Crippen molar-refractivity contribution >= 4 is 5.96 Å². The van der Waals surface area contributed by atoms with Gasteiger partial charge in [0.1, 0.15) is 5.75 Å². The molecule has 0 fully saturated rings. The van der Waals surface area contributed by atoms with Gasteiger partial charge in [0.15, 0.2) is 5.96 Å². The van der Waals surface area contributed by atoms with Gasteiger partial charge in [-0.25, -0.2) is 0 Å². The van der Waals surface area contributed by atoms with Crippen molar-refractivity contribution in [1.82, 2.24) is 10.2 Å². The number of guanidine groups is 1. The zero-order valence-electron chi connectivity index (χ0n) is 14.4. The molecule has 0 radical (unpaired) electrons. The highest BCUT2D eigenvalue weighted by molar-refractivity contribution is 5.79. The summed E-state index contributed by atoms with van der Waals surface area (Å²) in [5.41, 5.74) is 2.57. The van der Waals surface area contributed by atoms with Crippen molar-refractivity contribution in [3.8, 4) is 5.75 Å². The van der Waals surface area contributed by atoms with Crippen LogP contribution in [-0.4, -0.2) is 38.1 Å². The van der Waals surface area contributed by atoms with E-state index in [0.29, 0.717) is 5.92 Å². The highest BCUT2D eigenvalue weighted by atomic mass is 16.5. The second-order valence-electron chi connectivity index (χ2n) is 6.14. The molecule has 4 nitrogen and oxygen atoms in total. The molecule has 0 bridgehead atoms. The third kappa shape index (κ3) is 3.88. The summed E-state index contributed by atoms with van der Waals surface area (Å²) >= 11 is 0. The molecule has 1 aliphatic rings. The van der Waals surface area contributed by atoms with E-state index in [-0.39, 0.29) is 0 Å². The van der Waals surface area contributed by atoms with E-state index >= 15 is 0 Å². The molecule has 3 rings (SSSR count). The Balaban J connectivity index is 1.61. The average molecular weight is 323 g/mol. The summed E-state index contributed by atoms with van der Waals surface area (Å²) in [4.78, 5) is 6.58. The summed E-state index contributed by atoms with van der Waals surface area (Å²) < 4.78 is 5.74. The van der Waals surface area contributed by atoms with Crippen LogP contribution in [0.3, 0.4) is 0 Å². The SMILES string of the molecule is CN=C(NCC1CCOc2ccccc21)N(C)Cc1ccccc1. The molecule has 2 aromatic rings. The molecule has 1 heterocycles. The van der Waals surface area contributed by atoms with Gasteiger partial charge in [-0.1, -0.05) is 48.5 Å². The molecule has 0 saturated carbocycles. The Kier molecular flexibility index (Phi) is 5.36. The molecule has 1 atom stereocenters. The van der Waals surface area contributed by atoms with Crippen LogP contribution in [0.2, 0.25) is 0 Å². The van der Waals surface area contributed by atoms with Crippen molar-refractivity contribution in [3.63, 3.8) is 0 Å². The molecular weight excluding hydrogens is 298 g/mol. The van der Waals surface area contributed by atoms with E-state index in [0.717, 1.165) is 37.8 Å². The highest BCUT2D eigenvalue weighted by Crippen LogP contribution is 2.32. The Morgan fingerprint density at radius 3 is 2.71 bits per heavy atom. The summed E-state index contributed by atoms with van der Waals surface area (Å²) in [6.45, 7) is 2.48. The van der Waals surface area contributed by atoms with E-state index in [1.54, 1.807) is 0 Å². The Hall–Kier alpha value is -2.49. The predicted molar refractivity (Wildman–Crippen MR) is 98.6 cm³/mol. The number of para-hydroxylation sites is 1. The van der Waals surface area contributed by atoms with E-state index in [2.05, 4.69) is 64.7 Å². The number of rotatable bonds is 4. The molecule has 1 unspecified atom stereocenters. The minimum Gasteiger partial charge on any atom is -0.493 e. The fourth-order valence-corrected chi connectivity index (χ4v) is 3.16. The van der Waals surface area contributed by atoms with Gasteiger partial charge in [-0.05, 0) is 23.6 Å². The van der Waals surface area contributed by atoms with Crippen molar-refractivity contribution in [2.75, 3.05) is 27.2 Å². The number of benzene rings is 2. The number of hydrogen-bond donors (Lipinski definition) is 1. The van der Waals surface area contributed by atoms with Crippen molar-refractivity contribution in [1.29, 1.82) is 0 Å². The van der Waals surface area contributed by atoms with E-state index < -0.39 is 0 Å². The van der Waals surface area contributed by atoms with Crippen molar-refractivity contribution in [2.24, 2.45) is 4.99 Å². The fourth-order valence-electron chi connectivity index (χ4n) is 3.16. The van der Waals surface area contributed by atoms with Crippen LogP contribution >= 0.6 is 0 Å². The van der Waals surface area contributed by atoms with Crippen molar-refractivity contribution in [3.05, 3.63) is 65.7 Å². The lowest BCUT2D eigenvalue weighted by Gasteiger charge is -2.28. The van der Waals surface area contributed by atoms with Crippen LogP contribution in [0.1, 0.15) is 23.5 Å². The van der Waals surface area contributed by atoms with E-state index in [1.807, 2.05) is 19.2 Å². The van der Waals surface area contributed by atoms with Gasteiger partial charge in [-0.2, -0.15) is 0 Å². The number of aliphatic imine (C=N–C) groups is 1. The normalized spacial score (nSPS) is 16.9. The maximum absolute atomic E-state index is 5.74. The zero-order valence-corrected chi connectivity index (χ0v) is 14.4. The van der Waals surface area contributed by atoms with Crippen LogP contribution in [0.25, 0.3) is 0 Å². The van der Waals surface area contributed by atoms with Gasteiger partial charge >= 0.3 is 0 Å². The van der Waals surface area contributed by atoms with Crippen LogP contribution in [-0.2, 0) is 6.54 Å². The molecule has 126 valence electrons. The first-order valence-corrected chi connectivity index (χ1v) is 8.45. The van der Waals surface area contributed by atoms with Gasteiger partial charge in [0.25, 0.3) is 0 Å². The first-order valence-electron chi connectivity index (χ1n) is 8.45. The summed E-state index contributed by atoms with van der Waals surface area (Å²) in [5.74, 6) is 2.39. The average Bonchev–Trinajstić information content (AvgIpc) is 2.63. The summed E-state index contributed by atoms with van der Waals surface area (Å²) in [6, 6.07) is 18.8. The molecule has 0 aliphatic carbocycles. The standard InChI is InChI=1S/C20H25N3O/c1-21-20(23(2)15-16-8-4-3-5-9-16)22-14-17-12-13-24-19-11-7-6-10-18(17)19/h3-11,17H,12-15H2,1-2H3,(H,21,22). The van der Waals surface area contributed by atoms with Crippen LogP contribution in [0.15, 0.2) is 59.6 Å². The number of nitrogens with zero attached hydrogens (tertiary/aromatic N) is 2. The molecule has 2 aromatic carbocycles. The third-order valence-electron chi connectivity index (χ3n) is 4.43. The Labute approximate surface area is 144 Å². The molecule has 4 heteroatoms. The Bertz CT molecular complexity index is 684. The van der Waals surface area contributed by atoms with Crippen molar-refractivity contribution < 1.29 is 4.74 Å². The summed E-state index contributed by atoms with van der Waals surface area (Å²) in [6.07, 6.45) is 1.03. The highest BCUT2D eigenvalue weighted by Gasteiger charge is 2.21. The second-order valence-corrected chi connectivity index (χ2v) is 6.14. The molecule has 0 amide bonds. The number of ether oxygens (including phenoxy) is 1. The van der Waals surface area contributed by atoms with Crippen LogP contribution in [0.4, 0.5) is 0 Å². The van der Waals surface area contributed by atoms with Gasteiger partial charge in [-0.15, -0.1) is 0 Å². The van der Waals surface area contributed by atoms with Crippen molar-refractivity contribution in [2.45, 2.75) is 18.9 Å².